The Bertz CT molecular complexity index is 384. The minimum absolute atomic E-state index is 0.123. The number of thioether (sulfide) groups is 1. The van der Waals surface area contributed by atoms with E-state index in [1.165, 1.54) is 6.07 Å². The number of halogens is 1. The smallest absolute Gasteiger partial charge is 0.129 e. The highest BCUT2D eigenvalue weighted by atomic mass is 32.2. The van der Waals surface area contributed by atoms with Gasteiger partial charge in [-0.1, -0.05) is 13.0 Å². The molecule has 2 nitrogen and oxygen atoms in total. The van der Waals surface area contributed by atoms with Crippen LogP contribution in [-0.4, -0.2) is 31.6 Å². The number of hydrogen-bond donors (Lipinski definition) is 1. The normalized spacial score (nSPS) is 12.5. The maximum atomic E-state index is 14.0. The Hall–Kier alpha value is -0.740. The van der Waals surface area contributed by atoms with Gasteiger partial charge in [-0.05, 0) is 44.0 Å². The van der Waals surface area contributed by atoms with Crippen molar-refractivity contribution in [3.8, 4) is 0 Å². The molecule has 0 heterocycles. The lowest BCUT2D eigenvalue weighted by Gasteiger charge is -2.29. The van der Waals surface area contributed by atoms with Gasteiger partial charge in [-0.25, -0.2) is 4.39 Å². The van der Waals surface area contributed by atoms with Crippen LogP contribution < -0.4 is 10.2 Å². The first-order chi connectivity index (χ1) is 9.11. The van der Waals surface area contributed by atoms with E-state index in [9.17, 15) is 4.39 Å². The van der Waals surface area contributed by atoms with Gasteiger partial charge in [-0.3, -0.25) is 0 Å². The number of nitrogens with zero attached hydrogens (tertiary/aromatic N) is 1. The van der Waals surface area contributed by atoms with Gasteiger partial charge >= 0.3 is 0 Å². The van der Waals surface area contributed by atoms with E-state index < -0.39 is 0 Å². The molecule has 0 fully saturated rings. The lowest BCUT2D eigenvalue weighted by atomic mass is 10.1. The van der Waals surface area contributed by atoms with Crippen LogP contribution in [0.5, 0.6) is 0 Å². The molecule has 0 radical (unpaired) electrons. The van der Waals surface area contributed by atoms with Crippen molar-refractivity contribution in [1.82, 2.24) is 5.32 Å². The average Bonchev–Trinajstić information content (AvgIpc) is 2.42. The summed E-state index contributed by atoms with van der Waals surface area (Å²) < 4.78 is 14.0. The first kappa shape index (κ1) is 16.3. The van der Waals surface area contributed by atoms with Gasteiger partial charge in [0, 0.05) is 30.9 Å². The molecule has 108 valence electrons. The summed E-state index contributed by atoms with van der Waals surface area (Å²) in [4.78, 5) is 2.19. The highest BCUT2D eigenvalue weighted by Gasteiger charge is 2.15. The Labute approximate surface area is 120 Å². The van der Waals surface area contributed by atoms with Gasteiger partial charge in [0.25, 0.3) is 0 Å². The molecule has 1 N–H and O–H groups in total. The van der Waals surface area contributed by atoms with Crippen molar-refractivity contribution in [2.24, 2.45) is 0 Å². The summed E-state index contributed by atoms with van der Waals surface area (Å²) in [6, 6.07) is 5.74. The fourth-order valence-corrected chi connectivity index (χ4v) is 2.60. The van der Waals surface area contributed by atoms with E-state index in [1.807, 2.05) is 24.8 Å². The summed E-state index contributed by atoms with van der Waals surface area (Å²) in [5.41, 5.74) is 1.76. The minimum Gasteiger partial charge on any atom is -0.372 e. The Morgan fingerprint density at radius 2 is 2.16 bits per heavy atom. The van der Waals surface area contributed by atoms with E-state index >= 15 is 0 Å². The topological polar surface area (TPSA) is 15.3 Å². The maximum absolute atomic E-state index is 14.0. The number of rotatable bonds is 8. The van der Waals surface area contributed by atoms with Crippen molar-refractivity contribution in [1.29, 1.82) is 0 Å². The highest BCUT2D eigenvalue weighted by molar-refractivity contribution is 7.98. The van der Waals surface area contributed by atoms with Gasteiger partial charge in [0.05, 0.1) is 0 Å². The van der Waals surface area contributed by atoms with E-state index in [2.05, 4.69) is 30.4 Å². The predicted octanol–water partition coefficient (Wildman–Crippen LogP) is 3.51. The summed E-state index contributed by atoms with van der Waals surface area (Å²) in [6.07, 6.45) is 3.22. The highest BCUT2D eigenvalue weighted by Crippen LogP contribution is 2.25. The lowest BCUT2D eigenvalue weighted by molar-refractivity contribution is 0.587. The summed E-state index contributed by atoms with van der Waals surface area (Å²) >= 11 is 1.85. The van der Waals surface area contributed by atoms with E-state index in [0.29, 0.717) is 12.6 Å². The third-order valence-electron chi connectivity index (χ3n) is 3.43. The minimum atomic E-state index is -0.123. The van der Waals surface area contributed by atoms with Crippen molar-refractivity contribution in [3.63, 3.8) is 0 Å². The third kappa shape index (κ3) is 4.69. The number of anilines is 1. The zero-order valence-corrected chi connectivity index (χ0v) is 13.2. The van der Waals surface area contributed by atoms with E-state index in [-0.39, 0.29) is 5.82 Å². The molecule has 0 spiro atoms. The van der Waals surface area contributed by atoms with E-state index in [4.69, 9.17) is 0 Å². The average molecular weight is 284 g/mol. The molecule has 0 amide bonds. The molecule has 0 aromatic heterocycles. The van der Waals surface area contributed by atoms with Gasteiger partial charge in [0.15, 0.2) is 0 Å². The Morgan fingerprint density at radius 3 is 2.79 bits per heavy atom. The van der Waals surface area contributed by atoms with Crippen LogP contribution in [0.25, 0.3) is 0 Å². The first-order valence-corrected chi connectivity index (χ1v) is 8.21. The fraction of sp³-hybridized carbons (Fsp3) is 0.600. The van der Waals surface area contributed by atoms with Crippen molar-refractivity contribution >= 4 is 17.4 Å². The van der Waals surface area contributed by atoms with Gasteiger partial charge in [0.1, 0.15) is 5.82 Å². The Kier molecular flexibility index (Phi) is 7.24. The lowest BCUT2D eigenvalue weighted by Crippen LogP contribution is -2.31. The summed E-state index contributed by atoms with van der Waals surface area (Å²) in [5, 5.41) is 3.21. The largest absolute Gasteiger partial charge is 0.372 e. The second-order valence-corrected chi connectivity index (χ2v) is 5.74. The van der Waals surface area contributed by atoms with Gasteiger partial charge in [-0.15, -0.1) is 0 Å². The van der Waals surface area contributed by atoms with Crippen LogP contribution in [0, 0.1) is 5.82 Å². The molecule has 19 heavy (non-hydrogen) atoms. The maximum Gasteiger partial charge on any atom is 0.129 e. The molecule has 0 bridgehead atoms. The Morgan fingerprint density at radius 1 is 1.42 bits per heavy atom. The first-order valence-electron chi connectivity index (χ1n) is 6.81. The standard InChI is InChI=1S/C15H25FN2S/c1-5-17-11-13-14(16)7-6-8-15(13)18(3)12(2)9-10-19-4/h6-8,12,17H,5,9-11H2,1-4H3. The molecule has 4 heteroatoms. The molecule has 1 aromatic rings. The van der Waals surface area contributed by atoms with Crippen LogP contribution in [0.4, 0.5) is 10.1 Å². The van der Waals surface area contributed by atoms with Gasteiger partial charge in [0.2, 0.25) is 0 Å². The van der Waals surface area contributed by atoms with Crippen LogP contribution in [0.1, 0.15) is 25.8 Å². The fourth-order valence-electron chi connectivity index (χ4n) is 2.02. The SMILES string of the molecule is CCNCc1c(F)cccc1N(C)C(C)CCSC. The van der Waals surface area contributed by atoms with Crippen LogP contribution >= 0.6 is 11.8 Å². The molecule has 1 atom stereocenters. The molecule has 1 rings (SSSR count). The zero-order chi connectivity index (χ0) is 14.3. The van der Waals surface area contributed by atoms with Crippen LogP contribution in [-0.2, 0) is 6.54 Å². The molecule has 0 aliphatic heterocycles. The van der Waals surface area contributed by atoms with E-state index in [0.717, 1.165) is 30.0 Å². The third-order valence-corrected chi connectivity index (χ3v) is 4.07. The number of benzene rings is 1. The van der Waals surface area contributed by atoms with Crippen LogP contribution in [0.3, 0.4) is 0 Å². The van der Waals surface area contributed by atoms with Crippen molar-refractivity contribution < 1.29 is 4.39 Å². The predicted molar refractivity (Wildman–Crippen MR) is 84.6 cm³/mol. The zero-order valence-electron chi connectivity index (χ0n) is 12.4. The van der Waals surface area contributed by atoms with Crippen LogP contribution in [0.2, 0.25) is 0 Å². The second-order valence-electron chi connectivity index (χ2n) is 4.76. The molecule has 0 aliphatic carbocycles. The molecule has 0 aliphatic rings. The van der Waals surface area contributed by atoms with Gasteiger partial charge in [-0.2, -0.15) is 11.8 Å². The summed E-state index contributed by atoms with van der Waals surface area (Å²) in [5.74, 6) is 1.01. The monoisotopic (exact) mass is 284 g/mol. The van der Waals surface area contributed by atoms with E-state index in [1.54, 1.807) is 6.07 Å². The molecular weight excluding hydrogens is 259 g/mol. The molecule has 1 unspecified atom stereocenters. The second kappa shape index (κ2) is 8.43. The summed E-state index contributed by atoms with van der Waals surface area (Å²) in [7, 11) is 2.05. The van der Waals surface area contributed by atoms with Crippen molar-refractivity contribution in [2.45, 2.75) is 32.9 Å². The quantitative estimate of drug-likeness (QED) is 0.786. The van der Waals surface area contributed by atoms with Crippen molar-refractivity contribution in [3.05, 3.63) is 29.6 Å². The molecule has 0 saturated heterocycles. The Balaban J connectivity index is 2.88. The summed E-state index contributed by atoms with van der Waals surface area (Å²) in [6.45, 7) is 5.65. The number of hydrogen-bond acceptors (Lipinski definition) is 3. The van der Waals surface area contributed by atoms with Gasteiger partial charge < -0.3 is 10.2 Å². The molecular formula is C15H25FN2S. The molecule has 0 saturated carbocycles. The molecule has 1 aromatic carbocycles. The van der Waals surface area contributed by atoms with Crippen LogP contribution in [0.15, 0.2) is 18.2 Å². The van der Waals surface area contributed by atoms with Crippen molar-refractivity contribution in [2.75, 3.05) is 30.5 Å². The number of nitrogens with one attached hydrogen (secondary N) is 1.